The maximum atomic E-state index is 15.5. The van der Waals surface area contributed by atoms with E-state index in [1.54, 1.807) is 23.3 Å². The van der Waals surface area contributed by atoms with E-state index in [2.05, 4.69) is 15.1 Å². The highest BCUT2D eigenvalue weighted by atomic mass is 19.1. The summed E-state index contributed by atoms with van der Waals surface area (Å²) in [7, 11) is 3.79. The van der Waals surface area contributed by atoms with Crippen LogP contribution in [0.15, 0.2) is 48.9 Å². The van der Waals surface area contributed by atoms with Gasteiger partial charge in [0.05, 0.1) is 30.6 Å². The van der Waals surface area contributed by atoms with Crippen molar-refractivity contribution < 1.29 is 19.0 Å². The van der Waals surface area contributed by atoms with Gasteiger partial charge in [-0.05, 0) is 79.3 Å². The maximum absolute atomic E-state index is 15.5. The molecule has 10 heteroatoms. The average molecular weight is 577 g/mol. The van der Waals surface area contributed by atoms with Crippen LogP contribution in [0, 0.1) is 19.7 Å². The number of carboxylic acid groups (broad SMARTS) is 1. The maximum Gasteiger partial charge on any atom is 0.307 e. The molecule has 0 saturated carbocycles. The number of hydrogen-bond donors (Lipinski definition) is 1. The Morgan fingerprint density at radius 1 is 1.07 bits per heavy atom. The lowest BCUT2D eigenvalue weighted by molar-refractivity contribution is -0.136. The lowest BCUT2D eigenvalue weighted by Crippen LogP contribution is -2.13. The topological polar surface area (TPSA) is 108 Å². The van der Waals surface area contributed by atoms with Crippen molar-refractivity contribution in [3.63, 3.8) is 0 Å². The van der Waals surface area contributed by atoms with Crippen LogP contribution in [-0.2, 0) is 31.7 Å². The first-order chi connectivity index (χ1) is 20.7. The minimum atomic E-state index is -0.973. The summed E-state index contributed by atoms with van der Waals surface area (Å²) < 4.78 is 24.9. The molecule has 0 bridgehead atoms. The molecule has 6 heterocycles. The van der Waals surface area contributed by atoms with Crippen molar-refractivity contribution in [1.29, 1.82) is 0 Å². The number of benzene rings is 1. The van der Waals surface area contributed by atoms with Gasteiger partial charge in [-0.15, -0.1) is 0 Å². The molecule has 0 unspecified atom stereocenters. The molecule has 1 aliphatic heterocycles. The number of hydrogen-bond acceptors (Lipinski definition) is 6. The van der Waals surface area contributed by atoms with Crippen LogP contribution in [0.2, 0.25) is 0 Å². The van der Waals surface area contributed by atoms with Gasteiger partial charge in [0.1, 0.15) is 5.65 Å². The number of aliphatic carboxylic acids is 1. The minimum Gasteiger partial charge on any atom is -0.490 e. The largest absolute Gasteiger partial charge is 0.490 e. The van der Waals surface area contributed by atoms with Gasteiger partial charge in [0, 0.05) is 59.6 Å². The van der Waals surface area contributed by atoms with Gasteiger partial charge in [0.2, 0.25) is 0 Å². The van der Waals surface area contributed by atoms with E-state index in [1.165, 1.54) is 6.07 Å². The summed E-state index contributed by atoms with van der Waals surface area (Å²) in [4.78, 5) is 26.1. The first-order valence-corrected chi connectivity index (χ1v) is 14.1. The fourth-order valence-electron chi connectivity index (χ4n) is 6.28. The van der Waals surface area contributed by atoms with Gasteiger partial charge in [0.15, 0.2) is 17.2 Å². The molecule has 9 nitrogen and oxygen atoms in total. The number of pyridine rings is 3. The molecule has 5 aromatic heterocycles. The summed E-state index contributed by atoms with van der Waals surface area (Å²) in [5, 5.41) is 15.8. The van der Waals surface area contributed by atoms with Crippen molar-refractivity contribution >= 4 is 28.0 Å². The van der Waals surface area contributed by atoms with Crippen molar-refractivity contribution in [2.45, 2.75) is 33.1 Å². The van der Waals surface area contributed by atoms with Gasteiger partial charge in [-0.3, -0.25) is 14.5 Å². The Morgan fingerprint density at radius 2 is 1.91 bits per heavy atom. The first kappa shape index (κ1) is 26.8. The van der Waals surface area contributed by atoms with Gasteiger partial charge < -0.3 is 14.4 Å². The third-order valence-corrected chi connectivity index (χ3v) is 8.44. The molecular formula is C33H29FN6O3. The third kappa shape index (κ3) is 4.32. The van der Waals surface area contributed by atoms with Gasteiger partial charge in [0.25, 0.3) is 0 Å². The zero-order valence-electron chi connectivity index (χ0n) is 24.3. The predicted molar refractivity (Wildman–Crippen MR) is 161 cm³/mol. The molecule has 0 radical (unpaired) electrons. The van der Waals surface area contributed by atoms with Gasteiger partial charge >= 0.3 is 5.97 Å². The zero-order chi connectivity index (χ0) is 30.0. The second kappa shape index (κ2) is 10.0. The van der Waals surface area contributed by atoms with E-state index < -0.39 is 11.8 Å². The lowest BCUT2D eigenvalue weighted by Gasteiger charge is -2.23. The Labute approximate surface area is 246 Å². The Morgan fingerprint density at radius 3 is 2.72 bits per heavy atom. The highest BCUT2D eigenvalue weighted by Gasteiger charge is 2.26. The molecule has 7 rings (SSSR count). The van der Waals surface area contributed by atoms with E-state index in [-0.39, 0.29) is 6.42 Å². The average Bonchev–Trinajstić information content (AvgIpc) is 3.54. The number of rotatable bonds is 5. The van der Waals surface area contributed by atoms with Crippen molar-refractivity contribution in [3.8, 4) is 39.4 Å². The predicted octanol–water partition coefficient (Wildman–Crippen LogP) is 5.96. The molecule has 0 atom stereocenters. The van der Waals surface area contributed by atoms with E-state index in [1.807, 2.05) is 56.8 Å². The molecule has 1 N–H and O–H groups in total. The smallest absolute Gasteiger partial charge is 0.307 e. The number of carboxylic acids is 1. The van der Waals surface area contributed by atoms with Crippen LogP contribution in [0.25, 0.3) is 55.7 Å². The number of halogens is 1. The van der Waals surface area contributed by atoms with Crippen LogP contribution < -0.4 is 4.74 Å². The SMILES string of the molecule is Cc1nc2c(cc(-c3ccnc(-c4cnc5c(cnn5C)c4)c3)n2C)c(-c2cc(F)c3c(c2C)CCCO3)c1CC(=O)O. The van der Waals surface area contributed by atoms with Crippen LogP contribution in [0.3, 0.4) is 0 Å². The highest BCUT2D eigenvalue weighted by molar-refractivity contribution is 6.01. The number of carbonyl (C=O) groups is 1. The highest BCUT2D eigenvalue weighted by Crippen LogP contribution is 2.43. The molecule has 1 aromatic carbocycles. The van der Waals surface area contributed by atoms with Gasteiger partial charge in [-0.2, -0.15) is 5.10 Å². The summed E-state index contributed by atoms with van der Waals surface area (Å²) in [6.07, 6.45) is 6.59. The summed E-state index contributed by atoms with van der Waals surface area (Å²) in [5.74, 6) is -1.11. The van der Waals surface area contributed by atoms with E-state index in [4.69, 9.17) is 9.72 Å². The molecule has 0 spiro atoms. The Kier molecular flexibility index (Phi) is 6.23. The quantitative estimate of drug-likeness (QED) is 0.270. The Balaban J connectivity index is 1.44. The van der Waals surface area contributed by atoms with E-state index in [0.29, 0.717) is 46.8 Å². The Bertz CT molecular complexity index is 2110. The fraction of sp³-hybridized carbons (Fsp3) is 0.242. The lowest BCUT2D eigenvalue weighted by atomic mass is 9.87. The van der Waals surface area contributed by atoms with Crippen LogP contribution >= 0.6 is 0 Å². The molecule has 43 heavy (non-hydrogen) atoms. The van der Waals surface area contributed by atoms with Crippen molar-refractivity contribution in [3.05, 3.63) is 77.1 Å². The molecule has 0 saturated heterocycles. The molecule has 0 fully saturated rings. The molecular weight excluding hydrogens is 547 g/mol. The van der Waals surface area contributed by atoms with E-state index in [9.17, 15) is 9.90 Å². The second-order valence-corrected chi connectivity index (χ2v) is 11.1. The number of aryl methyl sites for hydroxylation is 3. The standard InChI is InChI=1S/C33H29FN6O3/c1-17-22-6-5-9-43-31(22)26(34)12-23(17)30-24(14-29(41)42)18(2)38-33-25(30)13-28(39(33)3)19-7-8-35-27(11-19)20-10-21-16-37-40(4)32(21)36-15-20/h7-8,10-13,15-16H,5-6,9,14H2,1-4H3,(H,41,42). The molecule has 6 aromatic rings. The number of nitrogens with zero attached hydrogens (tertiary/aromatic N) is 6. The third-order valence-electron chi connectivity index (χ3n) is 8.44. The second-order valence-electron chi connectivity index (χ2n) is 11.1. The zero-order valence-corrected chi connectivity index (χ0v) is 24.3. The van der Waals surface area contributed by atoms with Crippen LogP contribution in [0.5, 0.6) is 5.75 Å². The van der Waals surface area contributed by atoms with Crippen molar-refractivity contribution in [1.82, 2.24) is 29.3 Å². The van der Waals surface area contributed by atoms with Crippen molar-refractivity contribution in [2.24, 2.45) is 14.1 Å². The number of aromatic nitrogens is 6. The molecule has 1 aliphatic rings. The van der Waals surface area contributed by atoms with E-state index >= 15 is 4.39 Å². The monoisotopic (exact) mass is 576 g/mol. The summed E-state index contributed by atoms with van der Waals surface area (Å²) in [6, 6.07) is 9.44. The van der Waals surface area contributed by atoms with Crippen LogP contribution in [0.4, 0.5) is 4.39 Å². The van der Waals surface area contributed by atoms with Crippen LogP contribution in [-0.4, -0.2) is 47.0 Å². The van der Waals surface area contributed by atoms with Gasteiger partial charge in [-0.1, -0.05) is 0 Å². The molecule has 0 amide bonds. The fourth-order valence-corrected chi connectivity index (χ4v) is 6.28. The van der Waals surface area contributed by atoms with Gasteiger partial charge in [-0.25, -0.2) is 14.4 Å². The normalized spacial score (nSPS) is 13.0. The summed E-state index contributed by atoms with van der Waals surface area (Å²) in [5.41, 5.74) is 9.11. The first-order valence-electron chi connectivity index (χ1n) is 14.1. The van der Waals surface area contributed by atoms with Crippen molar-refractivity contribution in [2.75, 3.05) is 6.61 Å². The Hall–Kier alpha value is -5.12. The minimum absolute atomic E-state index is 0.230. The number of ether oxygens (including phenoxy) is 1. The molecule has 0 aliphatic carbocycles. The number of fused-ring (bicyclic) bond motifs is 3. The van der Waals surface area contributed by atoms with Crippen LogP contribution in [0.1, 0.15) is 28.8 Å². The van der Waals surface area contributed by atoms with E-state index in [0.717, 1.165) is 56.5 Å². The summed E-state index contributed by atoms with van der Waals surface area (Å²) >= 11 is 0. The summed E-state index contributed by atoms with van der Waals surface area (Å²) in [6.45, 7) is 4.25. The molecule has 216 valence electrons.